The van der Waals surface area contributed by atoms with E-state index in [1.807, 2.05) is 60.5 Å². The van der Waals surface area contributed by atoms with Crippen LogP contribution in [0.3, 0.4) is 0 Å². The van der Waals surface area contributed by atoms with Gasteiger partial charge in [-0.05, 0) is 106 Å². The van der Waals surface area contributed by atoms with Gasteiger partial charge in [0, 0.05) is 82.5 Å². The SMILES string of the molecule is Cc1c(CC(=O)c2nc3c(n2C)CCN(C2CCC(O)CC2)C3)cccc1-c1cccc(NC(=O)c2nc3c(n2C)CCN(CCC24CCC(C(=O)O)(CC2)C4)C3)c1Cl. The van der Waals surface area contributed by atoms with Crippen molar-refractivity contribution in [1.29, 1.82) is 0 Å². The van der Waals surface area contributed by atoms with E-state index in [9.17, 15) is 24.6 Å². The highest BCUT2D eigenvalue weighted by atomic mass is 35.5. The lowest BCUT2D eigenvalue weighted by Gasteiger charge is -2.37. The first kappa shape index (κ1) is 40.1. The minimum Gasteiger partial charge on any atom is -0.481 e. The fourth-order valence-corrected chi connectivity index (χ4v) is 11.6. The maximum absolute atomic E-state index is 13.9. The number of carboxylic acid groups (broad SMARTS) is 1. The van der Waals surface area contributed by atoms with Gasteiger partial charge in [-0.25, -0.2) is 9.97 Å². The molecule has 0 saturated heterocycles. The topological polar surface area (TPSA) is 146 Å². The van der Waals surface area contributed by atoms with Crippen molar-refractivity contribution in [2.24, 2.45) is 24.9 Å². The van der Waals surface area contributed by atoms with Crippen LogP contribution in [0.4, 0.5) is 5.69 Å². The number of carboxylic acids is 1. The lowest BCUT2D eigenvalue weighted by atomic mass is 9.80. The number of carbonyl (C=O) groups excluding carboxylic acids is 2. The van der Waals surface area contributed by atoms with Crippen LogP contribution in [0.15, 0.2) is 36.4 Å². The highest BCUT2D eigenvalue weighted by Gasteiger charge is 2.57. The van der Waals surface area contributed by atoms with Crippen LogP contribution in [-0.2, 0) is 51.2 Å². The Hall–Kier alpha value is -4.36. The summed E-state index contributed by atoms with van der Waals surface area (Å²) in [5, 5.41) is 23.3. The van der Waals surface area contributed by atoms with Gasteiger partial charge < -0.3 is 24.7 Å². The van der Waals surface area contributed by atoms with Crippen LogP contribution >= 0.6 is 11.6 Å². The maximum Gasteiger partial charge on any atom is 0.309 e. The van der Waals surface area contributed by atoms with Gasteiger partial charge >= 0.3 is 5.97 Å². The van der Waals surface area contributed by atoms with E-state index in [4.69, 9.17) is 21.6 Å². The minimum absolute atomic E-state index is 0.0309. The van der Waals surface area contributed by atoms with E-state index in [0.29, 0.717) is 34.9 Å². The Morgan fingerprint density at radius 1 is 0.864 bits per heavy atom. The van der Waals surface area contributed by atoms with Crippen LogP contribution in [0.2, 0.25) is 5.02 Å². The molecule has 2 aromatic carbocycles. The van der Waals surface area contributed by atoms with Crippen molar-refractivity contribution in [2.45, 2.75) is 116 Å². The average Bonchev–Trinajstić information content (AvgIpc) is 3.99. The molecule has 12 nitrogen and oxygen atoms in total. The molecule has 13 heteroatoms. The zero-order valence-electron chi connectivity index (χ0n) is 34.5. The zero-order valence-corrected chi connectivity index (χ0v) is 35.3. The van der Waals surface area contributed by atoms with E-state index in [2.05, 4.69) is 15.1 Å². The van der Waals surface area contributed by atoms with Gasteiger partial charge in [-0.1, -0.05) is 41.9 Å². The summed E-state index contributed by atoms with van der Waals surface area (Å²) in [7, 11) is 3.84. The normalized spacial score (nSPS) is 25.5. The minimum atomic E-state index is -0.621. The molecule has 312 valence electrons. The lowest BCUT2D eigenvalue weighted by molar-refractivity contribution is -0.148. The summed E-state index contributed by atoms with van der Waals surface area (Å²) in [6.45, 7) is 6.13. The number of imidazole rings is 2. The summed E-state index contributed by atoms with van der Waals surface area (Å²) in [4.78, 5) is 54.3. The van der Waals surface area contributed by atoms with Crippen molar-refractivity contribution >= 4 is 34.9 Å². The molecule has 0 atom stereocenters. The molecule has 3 aliphatic carbocycles. The third kappa shape index (κ3) is 7.34. The van der Waals surface area contributed by atoms with Gasteiger partial charge in [-0.15, -0.1) is 0 Å². The first-order valence-corrected chi connectivity index (χ1v) is 21.9. The van der Waals surface area contributed by atoms with Crippen LogP contribution in [0.25, 0.3) is 11.1 Å². The predicted octanol–water partition coefficient (Wildman–Crippen LogP) is 6.91. The number of ketones is 1. The van der Waals surface area contributed by atoms with E-state index in [1.54, 1.807) is 6.07 Å². The Labute approximate surface area is 351 Å². The molecule has 59 heavy (non-hydrogen) atoms. The first-order chi connectivity index (χ1) is 28.3. The monoisotopic (exact) mass is 821 g/mol. The molecule has 2 aromatic heterocycles. The number of aliphatic hydroxyl groups is 1. The van der Waals surface area contributed by atoms with Crippen LogP contribution in [0, 0.1) is 17.8 Å². The van der Waals surface area contributed by atoms with E-state index in [1.165, 1.54) is 0 Å². The summed E-state index contributed by atoms with van der Waals surface area (Å²) in [5.41, 5.74) is 7.70. The smallest absolute Gasteiger partial charge is 0.309 e. The van der Waals surface area contributed by atoms with Crippen LogP contribution in [0.5, 0.6) is 0 Å². The predicted molar refractivity (Wildman–Crippen MR) is 226 cm³/mol. The molecular formula is C46H56ClN7O5. The fraction of sp³-hybridized carbons (Fsp3) is 0.543. The summed E-state index contributed by atoms with van der Waals surface area (Å²) in [6.07, 6.45) is 10.8. The molecule has 5 aliphatic rings. The Kier molecular flexibility index (Phi) is 10.6. The number of fused-ring (bicyclic) bond motifs is 4. The number of amides is 1. The highest BCUT2D eigenvalue weighted by molar-refractivity contribution is 6.36. The second-order valence-electron chi connectivity index (χ2n) is 18.3. The summed E-state index contributed by atoms with van der Waals surface area (Å²) >= 11 is 7.08. The average molecular weight is 822 g/mol. The number of aliphatic hydroxyl groups excluding tert-OH is 1. The maximum atomic E-state index is 13.9. The molecule has 9 rings (SSSR count). The molecule has 0 spiro atoms. The Balaban J connectivity index is 0.859. The number of Topliss-reactive ketones (excluding diaryl/α,β-unsaturated/α-hetero) is 1. The van der Waals surface area contributed by atoms with Crippen molar-refractivity contribution in [3.8, 4) is 11.1 Å². The molecule has 2 aliphatic heterocycles. The quantitative estimate of drug-likeness (QED) is 0.138. The van der Waals surface area contributed by atoms with Gasteiger partial charge in [0.05, 0.1) is 33.6 Å². The fourth-order valence-electron chi connectivity index (χ4n) is 11.3. The number of nitrogens with zero attached hydrogens (tertiary/aromatic N) is 6. The number of nitrogens with one attached hydrogen (secondary N) is 1. The second kappa shape index (κ2) is 15.6. The van der Waals surface area contributed by atoms with E-state index >= 15 is 0 Å². The lowest BCUT2D eigenvalue weighted by Crippen LogP contribution is -2.42. The Morgan fingerprint density at radius 2 is 1.53 bits per heavy atom. The van der Waals surface area contributed by atoms with Gasteiger partial charge in [0.25, 0.3) is 5.91 Å². The third-order valence-electron chi connectivity index (χ3n) is 15.0. The molecule has 3 N–H and O–H groups in total. The standard InChI is InChI=1S/C46H56ClN7O5/c1-28-29(24-39(56)41-48-36-26-54(22-15-38(36)51(41)2)30-10-12-31(55)13-11-30)6-4-7-32(28)33-8-5-9-34(40(33)47)50-43(57)42-49-35-25-53(21-14-37(35)52(42)3)23-20-45-16-18-46(27-45,19-17-45)44(58)59/h4-9,30-31,55H,10-27H2,1-3H3,(H,50,57)(H,58,59). The van der Waals surface area contributed by atoms with Crippen LogP contribution < -0.4 is 5.32 Å². The number of rotatable bonds is 11. The number of hydrogen-bond donors (Lipinski definition) is 3. The van der Waals surface area contributed by atoms with Crippen LogP contribution in [0.1, 0.15) is 119 Å². The molecule has 3 fully saturated rings. The molecule has 4 aromatic rings. The van der Waals surface area contributed by atoms with E-state index in [-0.39, 0.29) is 29.6 Å². The molecule has 2 bridgehead atoms. The molecule has 3 saturated carbocycles. The van der Waals surface area contributed by atoms with Gasteiger partial charge in [0.1, 0.15) is 0 Å². The number of anilines is 1. The second-order valence-corrected chi connectivity index (χ2v) is 18.7. The zero-order chi connectivity index (χ0) is 41.2. The number of benzene rings is 2. The van der Waals surface area contributed by atoms with Crippen molar-refractivity contribution in [3.63, 3.8) is 0 Å². The summed E-state index contributed by atoms with van der Waals surface area (Å²) in [5.74, 6) is -0.161. The number of halogens is 1. The van der Waals surface area contributed by atoms with Crippen molar-refractivity contribution in [1.82, 2.24) is 28.9 Å². The number of aromatic nitrogens is 4. The molecule has 4 heterocycles. The largest absolute Gasteiger partial charge is 0.481 e. The van der Waals surface area contributed by atoms with Crippen molar-refractivity contribution in [3.05, 3.63) is 87.0 Å². The number of hydrogen-bond acceptors (Lipinski definition) is 8. The van der Waals surface area contributed by atoms with Gasteiger partial charge in [0.15, 0.2) is 11.6 Å². The number of aliphatic carboxylic acids is 1. The number of carbonyl (C=O) groups is 3. The van der Waals surface area contributed by atoms with E-state index < -0.39 is 11.4 Å². The van der Waals surface area contributed by atoms with Gasteiger partial charge in [0.2, 0.25) is 5.78 Å². The highest BCUT2D eigenvalue weighted by Crippen LogP contribution is 2.63. The molecule has 0 radical (unpaired) electrons. The molecule has 0 unspecified atom stereocenters. The van der Waals surface area contributed by atoms with Gasteiger partial charge in [-0.2, -0.15) is 0 Å². The molecular weight excluding hydrogens is 766 g/mol. The van der Waals surface area contributed by atoms with Gasteiger partial charge in [-0.3, -0.25) is 24.2 Å². The molecule has 1 amide bonds. The van der Waals surface area contributed by atoms with Crippen LogP contribution in [-0.4, -0.2) is 88.6 Å². The van der Waals surface area contributed by atoms with Crippen molar-refractivity contribution in [2.75, 3.05) is 25.0 Å². The summed E-state index contributed by atoms with van der Waals surface area (Å²) in [6, 6.07) is 12.0. The first-order valence-electron chi connectivity index (χ1n) is 21.5. The Bertz CT molecular complexity index is 2320. The van der Waals surface area contributed by atoms with Crippen molar-refractivity contribution < 1.29 is 24.6 Å². The van der Waals surface area contributed by atoms with E-state index in [0.717, 1.165) is 148 Å². The Morgan fingerprint density at radius 3 is 2.25 bits per heavy atom. The summed E-state index contributed by atoms with van der Waals surface area (Å²) < 4.78 is 3.88. The third-order valence-corrected chi connectivity index (χ3v) is 15.4.